The molecule has 1 atom stereocenters. The lowest BCUT2D eigenvalue weighted by molar-refractivity contribution is 0.492. The van der Waals surface area contributed by atoms with Gasteiger partial charge >= 0.3 is 0 Å². The first-order valence-electron chi connectivity index (χ1n) is 6.91. The van der Waals surface area contributed by atoms with Crippen molar-refractivity contribution in [2.24, 2.45) is 0 Å². The summed E-state index contributed by atoms with van der Waals surface area (Å²) in [5.74, 6) is 0. The Morgan fingerprint density at radius 1 is 1.35 bits per heavy atom. The lowest BCUT2D eigenvalue weighted by Gasteiger charge is -2.26. The summed E-state index contributed by atoms with van der Waals surface area (Å²) in [6.07, 6.45) is 3.56. The maximum Gasteiger partial charge on any atom is 0.0320 e. The first-order valence-corrected chi connectivity index (χ1v) is 6.91. The van der Waals surface area contributed by atoms with Crippen LogP contribution in [0.5, 0.6) is 0 Å². The van der Waals surface area contributed by atoms with Crippen LogP contribution in [0.4, 0.5) is 0 Å². The molecule has 0 aliphatic carbocycles. The molecule has 0 spiro atoms. The average Bonchev–Trinajstić information content (AvgIpc) is 2.38. The highest BCUT2D eigenvalue weighted by Crippen LogP contribution is 2.25. The van der Waals surface area contributed by atoms with Gasteiger partial charge in [-0.3, -0.25) is 0 Å². The molecule has 0 fully saturated rings. The Morgan fingerprint density at radius 2 is 2.24 bits per heavy atom. The van der Waals surface area contributed by atoms with Crippen molar-refractivity contribution >= 4 is 0 Å². The van der Waals surface area contributed by atoms with E-state index in [-0.39, 0.29) is 0 Å². The summed E-state index contributed by atoms with van der Waals surface area (Å²) < 4.78 is 0. The minimum atomic E-state index is 0.566. The molecule has 1 aromatic carbocycles. The van der Waals surface area contributed by atoms with Crippen molar-refractivity contribution in [3.8, 4) is 0 Å². The lowest BCUT2D eigenvalue weighted by Crippen LogP contribution is -2.29. The Balaban J connectivity index is 2.08. The minimum absolute atomic E-state index is 0.566. The number of benzene rings is 1. The van der Waals surface area contributed by atoms with Crippen molar-refractivity contribution in [2.75, 3.05) is 13.1 Å². The first-order chi connectivity index (χ1) is 8.35. The molecular formula is C15H24N2. The van der Waals surface area contributed by atoms with Gasteiger partial charge in [0.15, 0.2) is 0 Å². The molecule has 94 valence electrons. The van der Waals surface area contributed by atoms with E-state index in [0.717, 1.165) is 19.6 Å². The molecule has 2 N–H and O–H groups in total. The van der Waals surface area contributed by atoms with Crippen LogP contribution in [-0.4, -0.2) is 13.1 Å². The monoisotopic (exact) mass is 232 g/mol. The smallest absolute Gasteiger partial charge is 0.0320 e. The highest BCUT2D eigenvalue weighted by atomic mass is 14.9. The van der Waals surface area contributed by atoms with Crippen molar-refractivity contribution in [2.45, 2.75) is 45.7 Å². The van der Waals surface area contributed by atoms with Gasteiger partial charge in [-0.15, -0.1) is 0 Å². The van der Waals surface area contributed by atoms with Crippen LogP contribution in [0.25, 0.3) is 0 Å². The number of hydrogen-bond acceptors (Lipinski definition) is 2. The van der Waals surface area contributed by atoms with Crippen molar-refractivity contribution in [1.82, 2.24) is 10.6 Å². The second kappa shape index (κ2) is 6.18. The zero-order chi connectivity index (χ0) is 12.1. The topological polar surface area (TPSA) is 24.1 Å². The van der Waals surface area contributed by atoms with Crippen LogP contribution >= 0.6 is 0 Å². The molecule has 0 bridgehead atoms. The highest BCUT2D eigenvalue weighted by Gasteiger charge is 2.17. The summed E-state index contributed by atoms with van der Waals surface area (Å²) >= 11 is 0. The molecule has 1 aromatic rings. The Bertz CT molecular complexity index is 360. The van der Waals surface area contributed by atoms with Crippen molar-refractivity contribution in [1.29, 1.82) is 0 Å². The van der Waals surface area contributed by atoms with Crippen LogP contribution in [0, 0.1) is 0 Å². The van der Waals surface area contributed by atoms with Gasteiger partial charge in [0.05, 0.1) is 0 Å². The second-order valence-corrected chi connectivity index (χ2v) is 4.87. The Hall–Kier alpha value is -0.860. The third-order valence-electron chi connectivity index (χ3n) is 3.53. The van der Waals surface area contributed by atoms with Gasteiger partial charge in [0.1, 0.15) is 0 Å². The molecule has 1 heterocycles. The molecular weight excluding hydrogens is 208 g/mol. The van der Waals surface area contributed by atoms with Gasteiger partial charge in [-0.05, 0) is 49.0 Å². The van der Waals surface area contributed by atoms with E-state index in [9.17, 15) is 0 Å². The van der Waals surface area contributed by atoms with Crippen LogP contribution in [-0.2, 0) is 13.0 Å². The summed E-state index contributed by atoms with van der Waals surface area (Å²) in [4.78, 5) is 0. The van der Waals surface area contributed by atoms with Crippen LogP contribution in [0.15, 0.2) is 18.2 Å². The predicted molar refractivity (Wildman–Crippen MR) is 73.2 cm³/mol. The third kappa shape index (κ3) is 3.08. The van der Waals surface area contributed by atoms with E-state index in [1.54, 1.807) is 5.56 Å². The van der Waals surface area contributed by atoms with E-state index in [4.69, 9.17) is 0 Å². The van der Waals surface area contributed by atoms with Gasteiger partial charge in [0.2, 0.25) is 0 Å². The van der Waals surface area contributed by atoms with E-state index < -0.39 is 0 Å². The van der Waals surface area contributed by atoms with Crippen LogP contribution < -0.4 is 10.6 Å². The summed E-state index contributed by atoms with van der Waals surface area (Å²) in [5, 5.41) is 7.05. The first kappa shape index (κ1) is 12.6. The molecule has 17 heavy (non-hydrogen) atoms. The normalized spacial score (nSPS) is 19.1. The lowest BCUT2D eigenvalue weighted by atomic mass is 9.91. The number of rotatable bonds is 5. The fraction of sp³-hybridized carbons (Fsp3) is 0.600. The third-order valence-corrected chi connectivity index (χ3v) is 3.53. The molecule has 1 aliphatic rings. The summed E-state index contributed by atoms with van der Waals surface area (Å²) in [6.45, 7) is 7.69. The fourth-order valence-corrected chi connectivity index (χ4v) is 2.59. The number of fused-ring (bicyclic) bond motifs is 1. The molecule has 0 saturated carbocycles. The molecule has 0 radical (unpaired) electrons. The Morgan fingerprint density at radius 3 is 3.00 bits per heavy atom. The SMILES string of the molecule is CCCNCc1ccc2c(c1)CCNC2CC. The maximum absolute atomic E-state index is 3.58. The predicted octanol–water partition coefficient (Wildman–Crippen LogP) is 2.78. The molecule has 0 saturated heterocycles. The molecule has 0 amide bonds. The van der Waals surface area contributed by atoms with Crippen molar-refractivity contribution < 1.29 is 0 Å². The van der Waals surface area contributed by atoms with E-state index >= 15 is 0 Å². The van der Waals surface area contributed by atoms with E-state index in [2.05, 4.69) is 42.7 Å². The standard InChI is InChI=1S/C15H24N2/c1-3-8-16-11-12-5-6-14-13(10-12)7-9-17-15(14)4-2/h5-6,10,15-17H,3-4,7-9,11H2,1-2H3. The number of hydrogen-bond donors (Lipinski definition) is 2. The number of nitrogens with one attached hydrogen (secondary N) is 2. The quantitative estimate of drug-likeness (QED) is 0.763. The van der Waals surface area contributed by atoms with Gasteiger partial charge in [-0.2, -0.15) is 0 Å². The summed E-state index contributed by atoms with van der Waals surface area (Å²) in [6, 6.07) is 7.55. The Labute approximate surface area is 105 Å². The molecule has 2 heteroatoms. The van der Waals surface area contributed by atoms with Crippen molar-refractivity contribution in [3.63, 3.8) is 0 Å². The van der Waals surface area contributed by atoms with Gasteiger partial charge < -0.3 is 10.6 Å². The van der Waals surface area contributed by atoms with Gasteiger partial charge in [-0.1, -0.05) is 32.0 Å². The largest absolute Gasteiger partial charge is 0.313 e. The molecule has 1 unspecified atom stereocenters. The average molecular weight is 232 g/mol. The molecule has 0 aromatic heterocycles. The zero-order valence-corrected chi connectivity index (χ0v) is 11.1. The van der Waals surface area contributed by atoms with Crippen LogP contribution in [0.2, 0.25) is 0 Å². The summed E-state index contributed by atoms with van der Waals surface area (Å²) in [5.41, 5.74) is 4.48. The Kier molecular flexibility index (Phi) is 4.57. The minimum Gasteiger partial charge on any atom is -0.313 e. The van der Waals surface area contributed by atoms with Gasteiger partial charge in [0.25, 0.3) is 0 Å². The van der Waals surface area contributed by atoms with Crippen LogP contribution in [0.1, 0.15) is 49.4 Å². The van der Waals surface area contributed by atoms with E-state index in [1.807, 2.05) is 0 Å². The maximum atomic E-state index is 3.58. The second-order valence-electron chi connectivity index (χ2n) is 4.87. The fourth-order valence-electron chi connectivity index (χ4n) is 2.59. The zero-order valence-electron chi connectivity index (χ0n) is 11.1. The molecule has 2 rings (SSSR count). The molecule has 1 aliphatic heterocycles. The molecule has 2 nitrogen and oxygen atoms in total. The highest BCUT2D eigenvalue weighted by molar-refractivity contribution is 5.36. The van der Waals surface area contributed by atoms with Gasteiger partial charge in [0, 0.05) is 12.6 Å². The van der Waals surface area contributed by atoms with E-state index in [1.165, 1.54) is 30.4 Å². The summed E-state index contributed by atoms with van der Waals surface area (Å²) in [7, 11) is 0. The van der Waals surface area contributed by atoms with Crippen LogP contribution in [0.3, 0.4) is 0 Å². The van der Waals surface area contributed by atoms with Crippen molar-refractivity contribution in [3.05, 3.63) is 34.9 Å². The van der Waals surface area contributed by atoms with Gasteiger partial charge in [-0.25, -0.2) is 0 Å². The van der Waals surface area contributed by atoms with E-state index in [0.29, 0.717) is 6.04 Å².